The lowest BCUT2D eigenvalue weighted by molar-refractivity contribution is -0.139. The number of rotatable bonds is 6. The van der Waals surface area contributed by atoms with Gasteiger partial charge in [-0.1, -0.05) is 23.2 Å². The number of carboxylic acids is 1. The molecule has 5 nitrogen and oxygen atoms in total. The number of nitrogens with one attached hydrogen (secondary N) is 2. The van der Waals surface area contributed by atoms with Gasteiger partial charge in [-0.3, -0.25) is 4.79 Å². The molecular weight excluding hydrogens is 299 g/mol. The Morgan fingerprint density at radius 1 is 1.56 bits per heavy atom. The molecule has 1 atom stereocenters. The number of amides is 1. The van der Waals surface area contributed by atoms with E-state index in [2.05, 4.69) is 10.3 Å². The van der Waals surface area contributed by atoms with E-state index < -0.39 is 17.9 Å². The standard InChI is InChI=1S/C10H12Cl2N2O3S/c1-18-3-2-6(10(16)17)14-9(15)7-4-5(11)8(12)13-7/h4,6,13H,2-3H2,1H3,(H,14,15)(H,16,17). The van der Waals surface area contributed by atoms with Gasteiger partial charge in [0, 0.05) is 0 Å². The largest absolute Gasteiger partial charge is 0.480 e. The molecule has 0 spiro atoms. The van der Waals surface area contributed by atoms with Crippen molar-refractivity contribution in [2.24, 2.45) is 0 Å². The van der Waals surface area contributed by atoms with Gasteiger partial charge < -0.3 is 15.4 Å². The molecule has 0 saturated heterocycles. The van der Waals surface area contributed by atoms with Crippen LogP contribution in [0, 0.1) is 0 Å². The Balaban J connectivity index is 2.69. The monoisotopic (exact) mass is 310 g/mol. The van der Waals surface area contributed by atoms with Crippen LogP contribution >= 0.6 is 35.0 Å². The minimum Gasteiger partial charge on any atom is -0.480 e. The van der Waals surface area contributed by atoms with E-state index in [0.717, 1.165) is 0 Å². The van der Waals surface area contributed by atoms with Gasteiger partial charge in [0.25, 0.3) is 5.91 Å². The fourth-order valence-corrected chi connectivity index (χ4v) is 2.04. The molecular formula is C10H12Cl2N2O3S. The van der Waals surface area contributed by atoms with Crippen molar-refractivity contribution in [1.82, 2.24) is 10.3 Å². The van der Waals surface area contributed by atoms with Crippen LogP contribution in [0.5, 0.6) is 0 Å². The maximum absolute atomic E-state index is 11.8. The molecule has 0 aliphatic heterocycles. The Hall–Kier alpha value is -0.850. The van der Waals surface area contributed by atoms with Crippen LogP contribution in [0.3, 0.4) is 0 Å². The van der Waals surface area contributed by atoms with Gasteiger partial charge in [0.1, 0.15) is 16.9 Å². The van der Waals surface area contributed by atoms with Gasteiger partial charge in [-0.25, -0.2) is 4.79 Å². The van der Waals surface area contributed by atoms with Gasteiger partial charge in [-0.15, -0.1) is 0 Å². The second-order valence-electron chi connectivity index (χ2n) is 3.49. The molecule has 3 N–H and O–H groups in total. The molecule has 0 saturated carbocycles. The molecule has 0 bridgehead atoms. The number of aromatic amines is 1. The maximum Gasteiger partial charge on any atom is 0.326 e. The Kier molecular flexibility index (Phi) is 5.84. The van der Waals surface area contributed by atoms with Crippen molar-refractivity contribution < 1.29 is 14.7 Å². The average Bonchev–Trinajstić information content (AvgIpc) is 2.64. The van der Waals surface area contributed by atoms with Gasteiger partial charge in [0.2, 0.25) is 0 Å². The molecule has 8 heteroatoms. The van der Waals surface area contributed by atoms with Crippen molar-refractivity contribution in [3.05, 3.63) is 21.9 Å². The molecule has 0 aromatic carbocycles. The van der Waals surface area contributed by atoms with Crippen molar-refractivity contribution in [1.29, 1.82) is 0 Å². The van der Waals surface area contributed by atoms with Crippen LogP contribution in [0.4, 0.5) is 0 Å². The summed E-state index contributed by atoms with van der Waals surface area (Å²) in [5.74, 6) is -0.970. The first-order valence-corrected chi connectivity index (χ1v) is 7.17. The van der Waals surface area contributed by atoms with Gasteiger partial charge in [-0.05, 0) is 24.5 Å². The lowest BCUT2D eigenvalue weighted by atomic mass is 10.2. The van der Waals surface area contributed by atoms with Crippen LogP contribution in [0.15, 0.2) is 6.07 Å². The third-order valence-corrected chi connectivity index (χ3v) is 3.52. The summed E-state index contributed by atoms with van der Waals surface area (Å²) in [4.78, 5) is 25.3. The van der Waals surface area contributed by atoms with Gasteiger partial charge >= 0.3 is 5.97 Å². The van der Waals surface area contributed by atoms with E-state index in [1.807, 2.05) is 6.26 Å². The Morgan fingerprint density at radius 2 is 2.22 bits per heavy atom. The summed E-state index contributed by atoms with van der Waals surface area (Å²) in [6.45, 7) is 0. The molecule has 0 aliphatic carbocycles. The summed E-state index contributed by atoms with van der Waals surface area (Å²) >= 11 is 12.9. The van der Waals surface area contributed by atoms with Gasteiger partial charge in [0.15, 0.2) is 0 Å². The molecule has 18 heavy (non-hydrogen) atoms. The average molecular weight is 311 g/mol. The second-order valence-corrected chi connectivity index (χ2v) is 5.26. The quantitative estimate of drug-likeness (QED) is 0.752. The molecule has 1 unspecified atom stereocenters. The molecule has 100 valence electrons. The lowest BCUT2D eigenvalue weighted by Crippen LogP contribution is -2.41. The molecule has 1 heterocycles. The first-order valence-electron chi connectivity index (χ1n) is 5.02. The summed E-state index contributed by atoms with van der Waals surface area (Å²) in [6.07, 6.45) is 2.22. The van der Waals surface area contributed by atoms with E-state index in [4.69, 9.17) is 28.3 Å². The predicted molar refractivity (Wildman–Crippen MR) is 72.7 cm³/mol. The fraction of sp³-hybridized carbons (Fsp3) is 0.400. The van der Waals surface area contributed by atoms with Crippen molar-refractivity contribution >= 4 is 46.8 Å². The third kappa shape index (κ3) is 4.12. The van der Waals surface area contributed by atoms with Crippen molar-refractivity contribution in [3.8, 4) is 0 Å². The van der Waals surface area contributed by atoms with Crippen molar-refractivity contribution in [2.45, 2.75) is 12.5 Å². The Labute approximate surface area is 118 Å². The van der Waals surface area contributed by atoms with Gasteiger partial charge in [-0.2, -0.15) is 11.8 Å². The minimum atomic E-state index is -1.07. The summed E-state index contributed by atoms with van der Waals surface area (Å²) in [6, 6.07) is 0.429. The Bertz CT molecular complexity index is 431. The van der Waals surface area contributed by atoms with E-state index in [1.165, 1.54) is 17.8 Å². The topological polar surface area (TPSA) is 82.2 Å². The van der Waals surface area contributed by atoms with E-state index in [1.54, 1.807) is 0 Å². The predicted octanol–water partition coefficient (Wildman–Crippen LogP) is 2.26. The second kappa shape index (κ2) is 6.92. The van der Waals surface area contributed by atoms with E-state index in [0.29, 0.717) is 12.2 Å². The molecule has 0 fully saturated rings. The molecule has 1 amide bonds. The normalized spacial score (nSPS) is 12.2. The first kappa shape index (κ1) is 15.2. The zero-order valence-electron chi connectivity index (χ0n) is 9.50. The fourth-order valence-electron chi connectivity index (χ4n) is 1.26. The van der Waals surface area contributed by atoms with E-state index in [9.17, 15) is 9.59 Å². The summed E-state index contributed by atoms with van der Waals surface area (Å²) in [7, 11) is 0. The number of hydrogen-bond acceptors (Lipinski definition) is 3. The number of hydrogen-bond donors (Lipinski definition) is 3. The third-order valence-electron chi connectivity index (χ3n) is 2.18. The van der Waals surface area contributed by atoms with Crippen LogP contribution < -0.4 is 5.32 Å². The number of aromatic nitrogens is 1. The highest BCUT2D eigenvalue weighted by molar-refractivity contribution is 7.98. The van der Waals surface area contributed by atoms with Crippen molar-refractivity contribution in [2.75, 3.05) is 12.0 Å². The van der Waals surface area contributed by atoms with Crippen LogP contribution in [-0.2, 0) is 4.79 Å². The Morgan fingerprint density at radius 3 is 2.67 bits per heavy atom. The summed E-state index contributed by atoms with van der Waals surface area (Å²) in [5, 5.41) is 11.7. The molecule has 0 aliphatic rings. The summed E-state index contributed by atoms with van der Waals surface area (Å²) in [5.41, 5.74) is 0.139. The first-order chi connectivity index (χ1) is 8.45. The number of H-pyrrole nitrogens is 1. The minimum absolute atomic E-state index is 0.139. The molecule has 1 aromatic heterocycles. The zero-order valence-corrected chi connectivity index (χ0v) is 11.8. The van der Waals surface area contributed by atoms with Crippen LogP contribution in [0.25, 0.3) is 0 Å². The highest BCUT2D eigenvalue weighted by Gasteiger charge is 2.21. The zero-order chi connectivity index (χ0) is 13.7. The number of thioether (sulfide) groups is 1. The number of halogens is 2. The van der Waals surface area contributed by atoms with Crippen molar-refractivity contribution in [3.63, 3.8) is 0 Å². The lowest BCUT2D eigenvalue weighted by Gasteiger charge is -2.13. The van der Waals surface area contributed by atoms with Gasteiger partial charge in [0.05, 0.1) is 5.02 Å². The van der Waals surface area contributed by atoms with Crippen LogP contribution in [-0.4, -0.2) is 40.0 Å². The maximum atomic E-state index is 11.8. The van der Waals surface area contributed by atoms with Crippen LogP contribution in [0.2, 0.25) is 10.2 Å². The number of carbonyl (C=O) groups excluding carboxylic acids is 1. The molecule has 1 rings (SSSR count). The SMILES string of the molecule is CSCCC(NC(=O)c1cc(Cl)c(Cl)[nH]1)C(=O)O. The van der Waals surface area contributed by atoms with Crippen LogP contribution in [0.1, 0.15) is 16.9 Å². The molecule has 1 aromatic rings. The smallest absolute Gasteiger partial charge is 0.326 e. The number of carboxylic acid groups (broad SMARTS) is 1. The summed E-state index contributed by atoms with van der Waals surface area (Å²) < 4.78 is 0. The number of carbonyl (C=O) groups is 2. The highest BCUT2D eigenvalue weighted by Crippen LogP contribution is 2.21. The highest BCUT2D eigenvalue weighted by atomic mass is 35.5. The number of aliphatic carboxylic acids is 1. The molecule has 0 radical (unpaired) electrons. The van der Waals surface area contributed by atoms with E-state index >= 15 is 0 Å². The van der Waals surface area contributed by atoms with E-state index in [-0.39, 0.29) is 15.9 Å².